The summed E-state index contributed by atoms with van der Waals surface area (Å²) in [6.45, 7) is 0.950. The normalized spacial score (nSPS) is 17.5. The van der Waals surface area contributed by atoms with Crippen molar-refractivity contribution in [2.24, 2.45) is 11.7 Å². The molecule has 0 bridgehead atoms. The van der Waals surface area contributed by atoms with Crippen molar-refractivity contribution in [3.8, 4) is 10.4 Å². The lowest BCUT2D eigenvalue weighted by molar-refractivity contribution is -0.125. The standard InChI is InChI=1S/C18H17FN2O2S/c19-14-3-1-12(2-4-14)16-7-5-15(24-16)6-8-17(22)21-10-9-13(11-21)18(20)23/h1-8,13H,9-11H2,(H2,20,23). The zero-order valence-electron chi connectivity index (χ0n) is 12.9. The fourth-order valence-electron chi connectivity index (χ4n) is 2.66. The van der Waals surface area contributed by atoms with Crippen LogP contribution in [0, 0.1) is 11.7 Å². The molecule has 2 heterocycles. The van der Waals surface area contributed by atoms with Gasteiger partial charge in [0.2, 0.25) is 11.8 Å². The number of nitrogens with two attached hydrogens (primary N) is 1. The highest BCUT2D eigenvalue weighted by Gasteiger charge is 2.28. The van der Waals surface area contributed by atoms with Crippen LogP contribution in [0.3, 0.4) is 0 Å². The van der Waals surface area contributed by atoms with E-state index in [9.17, 15) is 14.0 Å². The maximum atomic E-state index is 13.0. The van der Waals surface area contributed by atoms with Gasteiger partial charge in [-0.15, -0.1) is 11.3 Å². The number of halogens is 1. The zero-order valence-corrected chi connectivity index (χ0v) is 13.8. The van der Waals surface area contributed by atoms with Crippen molar-refractivity contribution in [3.05, 3.63) is 53.2 Å². The molecule has 0 aliphatic carbocycles. The van der Waals surface area contributed by atoms with E-state index in [0.29, 0.717) is 19.5 Å². The van der Waals surface area contributed by atoms with Gasteiger partial charge in [-0.1, -0.05) is 12.1 Å². The number of carbonyl (C=O) groups excluding carboxylic acids is 2. The van der Waals surface area contributed by atoms with Crippen molar-refractivity contribution in [1.82, 2.24) is 4.90 Å². The van der Waals surface area contributed by atoms with E-state index in [-0.39, 0.29) is 23.5 Å². The number of rotatable bonds is 4. The molecule has 1 aromatic heterocycles. The van der Waals surface area contributed by atoms with Crippen LogP contribution in [0.4, 0.5) is 4.39 Å². The summed E-state index contributed by atoms with van der Waals surface area (Å²) in [6.07, 6.45) is 3.91. The summed E-state index contributed by atoms with van der Waals surface area (Å²) in [5.74, 6) is -0.970. The molecule has 24 heavy (non-hydrogen) atoms. The predicted octanol–water partition coefficient (Wildman–Crippen LogP) is 2.90. The van der Waals surface area contributed by atoms with Gasteiger partial charge in [-0.05, 0) is 42.3 Å². The van der Waals surface area contributed by atoms with Crippen LogP contribution in [0.15, 0.2) is 42.5 Å². The molecule has 6 heteroatoms. The molecule has 0 radical (unpaired) electrons. The molecular formula is C18H17FN2O2S. The molecular weight excluding hydrogens is 327 g/mol. The molecule has 2 N–H and O–H groups in total. The largest absolute Gasteiger partial charge is 0.369 e. The van der Waals surface area contributed by atoms with Crippen LogP contribution in [0.25, 0.3) is 16.5 Å². The van der Waals surface area contributed by atoms with Gasteiger partial charge in [0.15, 0.2) is 0 Å². The molecule has 2 amide bonds. The Morgan fingerprint density at radius 1 is 1.21 bits per heavy atom. The van der Waals surface area contributed by atoms with Crippen LogP contribution in [0.1, 0.15) is 11.3 Å². The average Bonchev–Trinajstić information content (AvgIpc) is 3.23. The van der Waals surface area contributed by atoms with Crippen LogP contribution in [-0.2, 0) is 9.59 Å². The fourth-order valence-corrected chi connectivity index (χ4v) is 3.58. The average molecular weight is 344 g/mol. The summed E-state index contributed by atoms with van der Waals surface area (Å²) in [5.41, 5.74) is 6.22. The lowest BCUT2D eigenvalue weighted by Crippen LogP contribution is -2.30. The molecule has 2 aromatic rings. The summed E-state index contributed by atoms with van der Waals surface area (Å²) < 4.78 is 13.0. The van der Waals surface area contributed by atoms with Gasteiger partial charge in [-0.2, -0.15) is 0 Å². The maximum Gasteiger partial charge on any atom is 0.246 e. The van der Waals surface area contributed by atoms with Crippen LogP contribution in [0.5, 0.6) is 0 Å². The van der Waals surface area contributed by atoms with Gasteiger partial charge in [0, 0.05) is 28.9 Å². The molecule has 0 saturated carbocycles. The minimum absolute atomic E-state index is 0.115. The minimum atomic E-state index is -0.350. The molecule has 4 nitrogen and oxygen atoms in total. The first-order valence-corrected chi connectivity index (χ1v) is 8.46. The molecule has 0 spiro atoms. The molecule has 3 rings (SSSR count). The molecule has 1 saturated heterocycles. The van der Waals surface area contributed by atoms with E-state index in [1.54, 1.807) is 23.1 Å². The van der Waals surface area contributed by atoms with Crippen molar-refractivity contribution in [2.75, 3.05) is 13.1 Å². The van der Waals surface area contributed by atoms with E-state index >= 15 is 0 Å². The van der Waals surface area contributed by atoms with Crippen molar-refractivity contribution in [3.63, 3.8) is 0 Å². The van der Waals surface area contributed by atoms with E-state index in [1.807, 2.05) is 12.1 Å². The molecule has 1 aliphatic heterocycles. The monoisotopic (exact) mass is 344 g/mol. The van der Waals surface area contributed by atoms with Crippen LogP contribution < -0.4 is 5.73 Å². The zero-order chi connectivity index (χ0) is 17.1. The van der Waals surface area contributed by atoms with Crippen molar-refractivity contribution < 1.29 is 14.0 Å². The van der Waals surface area contributed by atoms with Crippen LogP contribution >= 0.6 is 11.3 Å². The predicted molar refractivity (Wildman–Crippen MR) is 92.6 cm³/mol. The molecule has 1 unspecified atom stereocenters. The Labute approximate surface area is 143 Å². The molecule has 1 aromatic carbocycles. The number of hydrogen-bond acceptors (Lipinski definition) is 3. The summed E-state index contributed by atoms with van der Waals surface area (Å²) in [6, 6.07) is 10.2. The third kappa shape index (κ3) is 3.71. The van der Waals surface area contributed by atoms with Gasteiger partial charge in [0.25, 0.3) is 0 Å². The summed E-state index contributed by atoms with van der Waals surface area (Å²) in [5, 5.41) is 0. The van der Waals surface area contributed by atoms with E-state index in [4.69, 9.17) is 5.73 Å². The Morgan fingerprint density at radius 3 is 2.62 bits per heavy atom. The number of hydrogen-bond donors (Lipinski definition) is 1. The number of likely N-dealkylation sites (tertiary alicyclic amines) is 1. The third-order valence-corrected chi connectivity index (χ3v) is 5.15. The number of primary amides is 1. The van der Waals surface area contributed by atoms with Gasteiger partial charge in [0.1, 0.15) is 5.82 Å². The highest BCUT2D eigenvalue weighted by atomic mass is 32.1. The van der Waals surface area contributed by atoms with Gasteiger partial charge >= 0.3 is 0 Å². The van der Waals surface area contributed by atoms with Crippen LogP contribution in [0.2, 0.25) is 0 Å². The van der Waals surface area contributed by atoms with E-state index in [1.165, 1.54) is 29.5 Å². The third-order valence-electron chi connectivity index (χ3n) is 4.05. The maximum absolute atomic E-state index is 13.0. The van der Waals surface area contributed by atoms with E-state index in [2.05, 4.69) is 0 Å². The van der Waals surface area contributed by atoms with Crippen molar-refractivity contribution >= 4 is 29.2 Å². The first-order chi connectivity index (χ1) is 11.5. The highest BCUT2D eigenvalue weighted by molar-refractivity contribution is 7.16. The van der Waals surface area contributed by atoms with Crippen molar-refractivity contribution in [1.29, 1.82) is 0 Å². The molecule has 1 fully saturated rings. The Morgan fingerprint density at radius 2 is 1.96 bits per heavy atom. The van der Waals surface area contributed by atoms with E-state index in [0.717, 1.165) is 15.3 Å². The number of carbonyl (C=O) groups is 2. The SMILES string of the molecule is NC(=O)C1CCN(C(=O)C=Cc2ccc(-c3ccc(F)cc3)s2)C1. The second-order valence-electron chi connectivity index (χ2n) is 5.71. The fraction of sp³-hybridized carbons (Fsp3) is 0.222. The highest BCUT2D eigenvalue weighted by Crippen LogP contribution is 2.29. The van der Waals surface area contributed by atoms with Gasteiger partial charge in [-0.3, -0.25) is 9.59 Å². The first-order valence-electron chi connectivity index (χ1n) is 7.65. The van der Waals surface area contributed by atoms with Gasteiger partial charge in [-0.25, -0.2) is 4.39 Å². The lowest BCUT2D eigenvalue weighted by Gasteiger charge is -2.12. The minimum Gasteiger partial charge on any atom is -0.369 e. The van der Waals surface area contributed by atoms with Crippen molar-refractivity contribution in [2.45, 2.75) is 6.42 Å². The Kier molecular flexibility index (Phi) is 4.76. The number of thiophene rings is 1. The Bertz CT molecular complexity index is 783. The Hall–Kier alpha value is -2.47. The van der Waals surface area contributed by atoms with Gasteiger partial charge in [0.05, 0.1) is 5.92 Å². The molecule has 1 atom stereocenters. The smallest absolute Gasteiger partial charge is 0.246 e. The molecule has 124 valence electrons. The first kappa shape index (κ1) is 16.4. The topological polar surface area (TPSA) is 63.4 Å². The number of nitrogens with zero attached hydrogens (tertiary/aromatic N) is 1. The number of amides is 2. The quantitative estimate of drug-likeness (QED) is 0.867. The summed E-state index contributed by atoms with van der Waals surface area (Å²) in [4.78, 5) is 26.9. The van der Waals surface area contributed by atoms with E-state index < -0.39 is 0 Å². The second kappa shape index (κ2) is 6.97. The Balaban J connectivity index is 1.64. The summed E-state index contributed by atoms with van der Waals surface area (Å²) >= 11 is 1.53. The molecule has 1 aliphatic rings. The second-order valence-corrected chi connectivity index (χ2v) is 6.83. The lowest BCUT2D eigenvalue weighted by atomic mass is 10.1. The van der Waals surface area contributed by atoms with Gasteiger partial charge < -0.3 is 10.6 Å². The van der Waals surface area contributed by atoms with Crippen LogP contribution in [-0.4, -0.2) is 29.8 Å². The summed E-state index contributed by atoms with van der Waals surface area (Å²) in [7, 11) is 0. The number of benzene rings is 1.